The van der Waals surface area contributed by atoms with Crippen LogP contribution in [0.5, 0.6) is 0 Å². The van der Waals surface area contributed by atoms with E-state index in [2.05, 4.69) is 27.5 Å². The summed E-state index contributed by atoms with van der Waals surface area (Å²) < 4.78 is 4.53. The Labute approximate surface area is 111 Å². The van der Waals surface area contributed by atoms with E-state index in [0.29, 0.717) is 6.04 Å². The van der Waals surface area contributed by atoms with Crippen LogP contribution < -0.4 is 4.90 Å². The van der Waals surface area contributed by atoms with E-state index in [9.17, 15) is 5.11 Å². The monoisotopic (exact) mass is 262 g/mol. The van der Waals surface area contributed by atoms with Gasteiger partial charge in [-0.25, -0.2) is 0 Å². The van der Waals surface area contributed by atoms with E-state index in [1.807, 2.05) is 6.07 Å². The van der Waals surface area contributed by atoms with Crippen molar-refractivity contribution in [1.82, 2.24) is 4.37 Å². The maximum atomic E-state index is 9.21. The van der Waals surface area contributed by atoms with Crippen LogP contribution in [-0.4, -0.2) is 28.7 Å². The molecule has 1 N–H and O–H groups in total. The van der Waals surface area contributed by atoms with Crippen LogP contribution in [0.2, 0.25) is 0 Å². The molecule has 1 aliphatic rings. The molecule has 4 heteroatoms. The van der Waals surface area contributed by atoms with E-state index in [4.69, 9.17) is 0 Å². The van der Waals surface area contributed by atoms with Crippen molar-refractivity contribution in [2.24, 2.45) is 0 Å². The number of piperidine rings is 1. The van der Waals surface area contributed by atoms with Crippen molar-refractivity contribution in [3.05, 3.63) is 24.3 Å². The van der Waals surface area contributed by atoms with Gasteiger partial charge in [0.25, 0.3) is 0 Å². The van der Waals surface area contributed by atoms with Crippen molar-refractivity contribution in [3.8, 4) is 0 Å². The maximum Gasteiger partial charge on any atom is 0.120 e. The van der Waals surface area contributed by atoms with Gasteiger partial charge < -0.3 is 10.0 Å². The molecule has 0 spiro atoms. The second-order valence-electron chi connectivity index (χ2n) is 4.86. The first-order valence-corrected chi connectivity index (χ1v) is 7.39. The van der Waals surface area contributed by atoms with E-state index in [1.54, 1.807) is 11.5 Å². The van der Waals surface area contributed by atoms with Crippen molar-refractivity contribution >= 4 is 27.4 Å². The van der Waals surface area contributed by atoms with E-state index >= 15 is 0 Å². The molecule has 1 atom stereocenters. The second-order valence-corrected chi connectivity index (χ2v) is 5.61. The van der Waals surface area contributed by atoms with Gasteiger partial charge in [0.1, 0.15) is 5.00 Å². The number of rotatable bonds is 3. The SMILES string of the molecule is OCCC1CCCCN1c1snc2ccccc12. The Morgan fingerprint density at radius 1 is 1.33 bits per heavy atom. The molecule has 2 aromatic rings. The third-order valence-corrected chi connectivity index (χ3v) is 4.63. The Hall–Kier alpha value is -1.13. The lowest BCUT2D eigenvalue weighted by atomic mass is 9.99. The van der Waals surface area contributed by atoms with Gasteiger partial charge in [-0.05, 0) is 49.3 Å². The van der Waals surface area contributed by atoms with E-state index in [0.717, 1.165) is 18.5 Å². The normalized spacial score (nSPS) is 20.5. The minimum Gasteiger partial charge on any atom is -0.396 e. The van der Waals surface area contributed by atoms with Gasteiger partial charge in [-0.1, -0.05) is 12.1 Å². The summed E-state index contributed by atoms with van der Waals surface area (Å²) in [4.78, 5) is 2.46. The molecule has 0 radical (unpaired) electrons. The number of aromatic nitrogens is 1. The zero-order valence-corrected chi connectivity index (χ0v) is 11.2. The second kappa shape index (κ2) is 5.24. The fourth-order valence-electron chi connectivity index (χ4n) is 2.80. The summed E-state index contributed by atoms with van der Waals surface area (Å²) in [5, 5.41) is 11.7. The largest absolute Gasteiger partial charge is 0.396 e. The highest BCUT2D eigenvalue weighted by atomic mass is 32.1. The number of hydrogen-bond acceptors (Lipinski definition) is 4. The highest BCUT2D eigenvalue weighted by molar-refractivity contribution is 7.11. The molecule has 1 aromatic carbocycles. The Balaban J connectivity index is 1.96. The average Bonchev–Trinajstić information content (AvgIpc) is 2.84. The average molecular weight is 262 g/mol. The lowest BCUT2D eigenvalue weighted by Crippen LogP contribution is -2.39. The Morgan fingerprint density at radius 3 is 3.11 bits per heavy atom. The molecule has 1 aromatic heterocycles. The zero-order valence-electron chi connectivity index (χ0n) is 10.4. The fourth-order valence-corrected chi connectivity index (χ4v) is 3.76. The first-order chi connectivity index (χ1) is 8.90. The minimum absolute atomic E-state index is 0.276. The lowest BCUT2D eigenvalue weighted by Gasteiger charge is -2.36. The molecule has 2 heterocycles. The quantitative estimate of drug-likeness (QED) is 0.923. The van der Waals surface area contributed by atoms with Crippen LogP contribution in [0.15, 0.2) is 24.3 Å². The Kier molecular flexibility index (Phi) is 3.48. The van der Waals surface area contributed by atoms with Gasteiger partial charge in [-0.15, -0.1) is 0 Å². The van der Waals surface area contributed by atoms with Gasteiger partial charge in [0.15, 0.2) is 0 Å². The minimum atomic E-state index is 0.276. The van der Waals surface area contributed by atoms with Crippen molar-refractivity contribution in [2.45, 2.75) is 31.7 Å². The molecule has 3 rings (SSSR count). The highest BCUT2D eigenvalue weighted by Crippen LogP contribution is 2.35. The maximum absolute atomic E-state index is 9.21. The van der Waals surface area contributed by atoms with Crippen molar-refractivity contribution in [1.29, 1.82) is 0 Å². The number of hydrogen-bond donors (Lipinski definition) is 1. The summed E-state index contributed by atoms with van der Waals surface area (Å²) in [6, 6.07) is 8.81. The third-order valence-electron chi connectivity index (χ3n) is 3.72. The Morgan fingerprint density at radius 2 is 2.22 bits per heavy atom. The van der Waals surface area contributed by atoms with Crippen LogP contribution >= 0.6 is 11.5 Å². The van der Waals surface area contributed by atoms with Crippen molar-refractivity contribution < 1.29 is 5.11 Å². The predicted molar refractivity (Wildman–Crippen MR) is 76.3 cm³/mol. The fraction of sp³-hybridized carbons (Fsp3) is 0.500. The van der Waals surface area contributed by atoms with Crippen molar-refractivity contribution in [3.63, 3.8) is 0 Å². The van der Waals surface area contributed by atoms with E-state index < -0.39 is 0 Å². The number of fused-ring (bicyclic) bond motifs is 1. The molecular formula is C14H18N2OS. The topological polar surface area (TPSA) is 36.4 Å². The highest BCUT2D eigenvalue weighted by Gasteiger charge is 2.24. The van der Waals surface area contributed by atoms with Gasteiger partial charge in [-0.3, -0.25) is 0 Å². The molecule has 0 amide bonds. The summed E-state index contributed by atoms with van der Waals surface area (Å²) in [7, 11) is 0. The van der Waals surface area contributed by atoms with Crippen LogP contribution in [0.25, 0.3) is 10.9 Å². The number of anilines is 1. The summed E-state index contributed by atoms with van der Waals surface area (Å²) in [5.74, 6) is 0. The van der Waals surface area contributed by atoms with Crippen LogP contribution in [-0.2, 0) is 0 Å². The van der Waals surface area contributed by atoms with Gasteiger partial charge in [0.2, 0.25) is 0 Å². The summed E-state index contributed by atoms with van der Waals surface area (Å²) in [6.07, 6.45) is 4.57. The van der Waals surface area contributed by atoms with Crippen LogP contribution in [0.4, 0.5) is 5.00 Å². The number of aliphatic hydroxyl groups excluding tert-OH is 1. The molecule has 1 unspecified atom stereocenters. The summed E-state index contributed by atoms with van der Waals surface area (Å²) >= 11 is 1.59. The molecule has 3 nitrogen and oxygen atoms in total. The molecule has 1 aliphatic heterocycles. The first kappa shape index (κ1) is 11.9. The summed E-state index contributed by atoms with van der Waals surface area (Å²) in [5.41, 5.74) is 1.09. The number of aliphatic hydroxyl groups is 1. The number of nitrogens with zero attached hydrogens (tertiary/aromatic N) is 2. The third kappa shape index (κ3) is 2.10. The van der Waals surface area contributed by atoms with Crippen LogP contribution in [0.1, 0.15) is 25.7 Å². The molecule has 0 aliphatic carbocycles. The van der Waals surface area contributed by atoms with Crippen LogP contribution in [0.3, 0.4) is 0 Å². The summed E-state index contributed by atoms with van der Waals surface area (Å²) in [6.45, 7) is 1.37. The van der Waals surface area contributed by atoms with Crippen LogP contribution in [0, 0.1) is 0 Å². The number of benzene rings is 1. The lowest BCUT2D eigenvalue weighted by molar-refractivity contribution is 0.263. The van der Waals surface area contributed by atoms with Gasteiger partial charge in [0.05, 0.1) is 5.52 Å². The molecule has 1 saturated heterocycles. The van der Waals surface area contributed by atoms with E-state index in [1.165, 1.54) is 29.6 Å². The van der Waals surface area contributed by atoms with Gasteiger partial charge in [-0.2, -0.15) is 4.37 Å². The molecule has 0 bridgehead atoms. The molecule has 18 heavy (non-hydrogen) atoms. The smallest absolute Gasteiger partial charge is 0.120 e. The molecular weight excluding hydrogens is 244 g/mol. The van der Waals surface area contributed by atoms with Gasteiger partial charge >= 0.3 is 0 Å². The first-order valence-electron chi connectivity index (χ1n) is 6.62. The molecule has 96 valence electrons. The molecule has 0 saturated carbocycles. The molecule has 1 fully saturated rings. The zero-order chi connectivity index (χ0) is 12.4. The Bertz CT molecular complexity index is 523. The standard InChI is InChI=1S/C14H18N2OS/c17-10-8-11-5-3-4-9-16(11)14-12-6-1-2-7-13(12)15-18-14/h1-2,6-7,11,17H,3-5,8-10H2. The predicted octanol–water partition coefficient (Wildman–Crippen LogP) is 3.04. The van der Waals surface area contributed by atoms with Crippen molar-refractivity contribution in [2.75, 3.05) is 18.1 Å². The van der Waals surface area contributed by atoms with Gasteiger partial charge in [0, 0.05) is 24.6 Å². The van der Waals surface area contributed by atoms with E-state index in [-0.39, 0.29) is 6.61 Å².